The largest absolute Gasteiger partial charge is 0.299 e. The summed E-state index contributed by atoms with van der Waals surface area (Å²) in [6, 6.07) is 19.4. The summed E-state index contributed by atoms with van der Waals surface area (Å²) < 4.78 is 0. The van der Waals surface area contributed by atoms with Crippen LogP contribution < -0.4 is 0 Å². The molecule has 0 heterocycles. The summed E-state index contributed by atoms with van der Waals surface area (Å²) in [6.45, 7) is 2.13. The maximum atomic E-state index is 12.9. The lowest BCUT2D eigenvalue weighted by molar-refractivity contribution is -0.158. The number of hydrogen-bond acceptors (Lipinski definition) is 1. The molecule has 1 heteroatoms. The standard InChI is InChI=1S/C25H28O/c1-19-13-15-21(16-14-19)23-22-12-8-18-25(23,24(22)26)17-7-3-6-11-20-9-4-2-5-10-20/h2,4-6,9-11,13-16,22-23H,3,7-8,12,17-18H2,1H3/b11-6+/t22-,23+,25+/m0/s1. The van der Waals surface area contributed by atoms with E-state index in [4.69, 9.17) is 0 Å². The molecule has 2 aromatic carbocycles. The van der Waals surface area contributed by atoms with E-state index >= 15 is 0 Å². The monoisotopic (exact) mass is 344 g/mol. The summed E-state index contributed by atoms with van der Waals surface area (Å²) in [4.78, 5) is 12.9. The topological polar surface area (TPSA) is 17.1 Å². The van der Waals surface area contributed by atoms with Crippen LogP contribution in [0.25, 0.3) is 6.08 Å². The summed E-state index contributed by atoms with van der Waals surface area (Å²) in [5.74, 6) is 1.30. The van der Waals surface area contributed by atoms with Crippen LogP contribution in [0.4, 0.5) is 0 Å². The first kappa shape index (κ1) is 17.3. The molecular weight excluding hydrogens is 316 g/mol. The van der Waals surface area contributed by atoms with Crippen LogP contribution in [-0.4, -0.2) is 5.78 Å². The highest BCUT2D eigenvalue weighted by Crippen LogP contribution is 2.64. The fourth-order valence-corrected chi connectivity index (χ4v) is 5.22. The van der Waals surface area contributed by atoms with Gasteiger partial charge in [-0.2, -0.15) is 0 Å². The number of unbranched alkanes of at least 4 members (excludes halogenated alkanes) is 1. The number of fused-ring (bicyclic) bond motifs is 2. The van der Waals surface area contributed by atoms with Gasteiger partial charge in [0.15, 0.2) is 0 Å². The van der Waals surface area contributed by atoms with Gasteiger partial charge in [-0.15, -0.1) is 0 Å². The number of rotatable bonds is 6. The van der Waals surface area contributed by atoms with Crippen molar-refractivity contribution in [1.82, 2.24) is 0 Å². The molecule has 0 radical (unpaired) electrons. The van der Waals surface area contributed by atoms with E-state index in [1.54, 1.807) is 0 Å². The molecule has 0 spiro atoms. The average molecular weight is 344 g/mol. The SMILES string of the molecule is Cc1ccc([C@@H]2[C@@H]3CCC[C@@]2(CCC/C=C/c2ccccc2)C3=O)cc1. The van der Waals surface area contributed by atoms with Crippen molar-refractivity contribution in [1.29, 1.82) is 0 Å². The van der Waals surface area contributed by atoms with Crippen LogP contribution in [0.5, 0.6) is 0 Å². The minimum atomic E-state index is -0.0707. The molecule has 0 unspecified atom stereocenters. The van der Waals surface area contributed by atoms with Crippen LogP contribution in [0.3, 0.4) is 0 Å². The lowest BCUT2D eigenvalue weighted by atomic mass is 9.43. The van der Waals surface area contributed by atoms with Gasteiger partial charge in [-0.25, -0.2) is 0 Å². The molecule has 2 fully saturated rings. The zero-order chi connectivity index (χ0) is 18.0. The van der Waals surface area contributed by atoms with Gasteiger partial charge in [-0.1, -0.05) is 78.7 Å². The molecule has 134 valence electrons. The van der Waals surface area contributed by atoms with Crippen molar-refractivity contribution in [2.24, 2.45) is 11.3 Å². The smallest absolute Gasteiger partial charge is 0.143 e. The quantitative estimate of drug-likeness (QED) is 0.559. The van der Waals surface area contributed by atoms with Gasteiger partial charge in [-0.3, -0.25) is 4.79 Å². The van der Waals surface area contributed by atoms with Gasteiger partial charge in [0.05, 0.1) is 0 Å². The molecule has 0 aliphatic heterocycles. The average Bonchev–Trinajstić information content (AvgIpc) is 2.69. The van der Waals surface area contributed by atoms with E-state index < -0.39 is 0 Å². The zero-order valence-corrected chi connectivity index (χ0v) is 15.7. The van der Waals surface area contributed by atoms with Gasteiger partial charge in [-0.05, 0) is 50.2 Å². The first-order valence-electron chi connectivity index (χ1n) is 10.0. The first-order valence-corrected chi connectivity index (χ1v) is 10.0. The predicted octanol–water partition coefficient (Wildman–Crippen LogP) is 6.33. The van der Waals surface area contributed by atoms with Crippen LogP contribution in [0.1, 0.15) is 61.1 Å². The number of benzene rings is 2. The van der Waals surface area contributed by atoms with Gasteiger partial charge in [0, 0.05) is 17.3 Å². The lowest BCUT2D eigenvalue weighted by Gasteiger charge is -2.58. The van der Waals surface area contributed by atoms with Gasteiger partial charge < -0.3 is 0 Å². The Balaban J connectivity index is 1.42. The molecule has 2 aliphatic carbocycles. The van der Waals surface area contributed by atoms with Crippen molar-refractivity contribution >= 4 is 11.9 Å². The molecule has 0 N–H and O–H groups in total. The minimum absolute atomic E-state index is 0.0707. The Labute approximate surface area is 157 Å². The molecule has 0 saturated heterocycles. The second-order valence-electron chi connectivity index (χ2n) is 8.11. The summed E-state index contributed by atoms with van der Waals surface area (Å²) in [5, 5.41) is 0. The summed E-state index contributed by atoms with van der Waals surface area (Å²) in [6.07, 6.45) is 11.0. The van der Waals surface area contributed by atoms with E-state index in [2.05, 4.69) is 67.6 Å². The highest BCUT2D eigenvalue weighted by Gasteiger charge is 2.62. The second-order valence-corrected chi connectivity index (χ2v) is 8.11. The van der Waals surface area contributed by atoms with Crippen molar-refractivity contribution < 1.29 is 4.79 Å². The molecular formula is C25H28O. The van der Waals surface area contributed by atoms with Crippen molar-refractivity contribution in [3.8, 4) is 0 Å². The van der Waals surface area contributed by atoms with Crippen LogP contribution in [-0.2, 0) is 4.79 Å². The van der Waals surface area contributed by atoms with E-state index in [0.717, 1.165) is 32.1 Å². The van der Waals surface area contributed by atoms with Crippen molar-refractivity contribution in [2.75, 3.05) is 0 Å². The number of carbonyl (C=O) groups excluding carboxylic acids is 1. The molecule has 2 saturated carbocycles. The Bertz CT molecular complexity index is 787. The normalized spacial score (nSPS) is 27.5. The molecule has 3 atom stereocenters. The Morgan fingerprint density at radius 3 is 2.58 bits per heavy atom. The van der Waals surface area contributed by atoms with Crippen molar-refractivity contribution in [3.05, 3.63) is 77.4 Å². The molecule has 26 heavy (non-hydrogen) atoms. The maximum absolute atomic E-state index is 12.9. The first-order chi connectivity index (χ1) is 12.7. The van der Waals surface area contributed by atoms with Gasteiger partial charge >= 0.3 is 0 Å². The molecule has 2 aromatic rings. The number of ketones is 1. The van der Waals surface area contributed by atoms with E-state index in [-0.39, 0.29) is 11.3 Å². The third-order valence-electron chi connectivity index (χ3n) is 6.50. The number of Topliss-reactive ketones (excluding diaryl/α,β-unsaturated/α-hetero) is 1. The van der Waals surface area contributed by atoms with Gasteiger partial charge in [0.2, 0.25) is 0 Å². The fraction of sp³-hybridized carbons (Fsp3) is 0.400. The number of aryl methyl sites for hydroxylation is 1. The number of hydrogen-bond donors (Lipinski definition) is 0. The summed E-state index contributed by atoms with van der Waals surface area (Å²) in [7, 11) is 0. The highest BCUT2D eigenvalue weighted by molar-refractivity contribution is 5.96. The maximum Gasteiger partial charge on any atom is 0.143 e. The lowest BCUT2D eigenvalue weighted by Crippen LogP contribution is -2.58. The highest BCUT2D eigenvalue weighted by atomic mass is 16.1. The summed E-state index contributed by atoms with van der Waals surface area (Å²) >= 11 is 0. The van der Waals surface area contributed by atoms with E-state index in [9.17, 15) is 4.79 Å². The van der Waals surface area contributed by atoms with Crippen LogP contribution >= 0.6 is 0 Å². The molecule has 0 amide bonds. The molecule has 2 aliphatic rings. The van der Waals surface area contributed by atoms with E-state index in [1.807, 2.05) is 6.07 Å². The Hall–Kier alpha value is -2.15. The third kappa shape index (κ3) is 3.05. The van der Waals surface area contributed by atoms with E-state index in [0.29, 0.717) is 11.7 Å². The van der Waals surface area contributed by atoms with Crippen LogP contribution in [0.2, 0.25) is 0 Å². The number of allylic oxidation sites excluding steroid dienone is 1. The van der Waals surface area contributed by atoms with E-state index in [1.165, 1.54) is 23.1 Å². The number of carbonyl (C=O) groups is 1. The van der Waals surface area contributed by atoms with Crippen LogP contribution in [0.15, 0.2) is 60.7 Å². The zero-order valence-electron chi connectivity index (χ0n) is 15.7. The minimum Gasteiger partial charge on any atom is -0.299 e. The summed E-state index contributed by atoms with van der Waals surface area (Å²) in [5.41, 5.74) is 3.86. The van der Waals surface area contributed by atoms with Gasteiger partial charge in [0.1, 0.15) is 5.78 Å². The molecule has 1 nitrogen and oxygen atoms in total. The molecule has 4 rings (SSSR count). The van der Waals surface area contributed by atoms with Gasteiger partial charge in [0.25, 0.3) is 0 Å². The van der Waals surface area contributed by atoms with Crippen molar-refractivity contribution in [3.63, 3.8) is 0 Å². The Kier molecular flexibility index (Phi) is 4.80. The fourth-order valence-electron chi connectivity index (χ4n) is 5.22. The molecule has 0 aromatic heterocycles. The second kappa shape index (κ2) is 7.23. The Morgan fingerprint density at radius 2 is 1.85 bits per heavy atom. The predicted molar refractivity (Wildman–Crippen MR) is 108 cm³/mol. The molecule has 2 bridgehead atoms. The Morgan fingerprint density at radius 1 is 1.08 bits per heavy atom. The van der Waals surface area contributed by atoms with Crippen molar-refractivity contribution in [2.45, 2.75) is 51.4 Å². The third-order valence-corrected chi connectivity index (χ3v) is 6.50. The van der Waals surface area contributed by atoms with Crippen LogP contribution in [0, 0.1) is 18.3 Å².